The van der Waals surface area contributed by atoms with Crippen LogP contribution in [0.15, 0.2) is 16.8 Å². The topological polar surface area (TPSA) is 44.4 Å². The van der Waals surface area contributed by atoms with E-state index in [1.165, 1.54) is 16.2 Å². The van der Waals surface area contributed by atoms with Crippen molar-refractivity contribution in [3.63, 3.8) is 0 Å². The van der Waals surface area contributed by atoms with Crippen LogP contribution in [-0.2, 0) is 0 Å². The molecule has 0 aliphatic carbocycles. The number of halogens is 4. The number of hydrogen-bond acceptors (Lipinski definition) is 4. The first-order chi connectivity index (χ1) is 9.48. The van der Waals surface area contributed by atoms with Crippen molar-refractivity contribution >= 4 is 29.7 Å². The van der Waals surface area contributed by atoms with Crippen LogP contribution in [0, 0.1) is 0 Å². The van der Waals surface area contributed by atoms with Gasteiger partial charge in [-0.25, -0.2) is 0 Å². The fourth-order valence-electron chi connectivity index (χ4n) is 2.13. The molecule has 2 rings (SSSR count). The molecule has 1 fully saturated rings. The van der Waals surface area contributed by atoms with Gasteiger partial charge in [0.25, 0.3) is 5.91 Å². The van der Waals surface area contributed by atoms with E-state index in [0.717, 1.165) is 0 Å². The van der Waals surface area contributed by atoms with Gasteiger partial charge in [0.05, 0.1) is 0 Å². The molecule has 1 amide bonds. The summed E-state index contributed by atoms with van der Waals surface area (Å²) in [5.41, 5.74) is 0.399. The first-order valence-electron chi connectivity index (χ1n) is 6.30. The van der Waals surface area contributed by atoms with Gasteiger partial charge < -0.3 is 10.6 Å². The summed E-state index contributed by atoms with van der Waals surface area (Å²) in [6.07, 6.45) is -4.35. The minimum Gasteiger partial charge on any atom is -0.350 e. The Morgan fingerprint density at radius 2 is 2.10 bits per heavy atom. The number of carbonyl (C=O) groups excluding carboxylic acids is 1. The van der Waals surface area contributed by atoms with Crippen molar-refractivity contribution in [2.24, 2.45) is 0 Å². The number of amides is 1. The minimum absolute atomic E-state index is 0. The monoisotopic (exact) mass is 343 g/mol. The molecule has 1 saturated heterocycles. The SMILES string of the molecule is Cl.O=C(NCC(N1CCNCC1)C(F)(F)F)c1ccsc1. The molecule has 120 valence electrons. The number of hydrogen-bond donors (Lipinski definition) is 2. The van der Waals surface area contributed by atoms with Crippen molar-refractivity contribution in [3.05, 3.63) is 22.4 Å². The molecule has 0 radical (unpaired) electrons. The number of alkyl halides is 3. The summed E-state index contributed by atoms with van der Waals surface area (Å²) in [5.74, 6) is -0.462. The molecule has 9 heteroatoms. The number of thiophene rings is 1. The molecule has 2 heterocycles. The summed E-state index contributed by atoms with van der Waals surface area (Å²) < 4.78 is 39.3. The van der Waals surface area contributed by atoms with Crippen molar-refractivity contribution in [1.82, 2.24) is 15.5 Å². The third kappa shape index (κ3) is 5.14. The number of rotatable bonds is 4. The molecule has 1 aromatic heterocycles. The second kappa shape index (κ2) is 7.98. The molecular formula is C12H17ClF3N3OS. The Hall–Kier alpha value is -0.830. The lowest BCUT2D eigenvalue weighted by Gasteiger charge is -2.35. The van der Waals surface area contributed by atoms with Crippen LogP contribution < -0.4 is 10.6 Å². The highest BCUT2D eigenvalue weighted by Crippen LogP contribution is 2.24. The van der Waals surface area contributed by atoms with Crippen molar-refractivity contribution < 1.29 is 18.0 Å². The zero-order chi connectivity index (χ0) is 14.6. The summed E-state index contributed by atoms with van der Waals surface area (Å²) in [7, 11) is 0. The van der Waals surface area contributed by atoms with Gasteiger partial charge in [-0.2, -0.15) is 24.5 Å². The van der Waals surface area contributed by atoms with Gasteiger partial charge in [-0.1, -0.05) is 0 Å². The van der Waals surface area contributed by atoms with Gasteiger partial charge in [0.15, 0.2) is 0 Å². The fourth-order valence-corrected chi connectivity index (χ4v) is 2.77. The quantitative estimate of drug-likeness (QED) is 0.875. The van der Waals surface area contributed by atoms with E-state index in [4.69, 9.17) is 0 Å². The van der Waals surface area contributed by atoms with Gasteiger partial charge in [0, 0.05) is 43.7 Å². The van der Waals surface area contributed by atoms with E-state index in [1.54, 1.807) is 16.8 Å². The van der Waals surface area contributed by atoms with E-state index in [-0.39, 0.29) is 12.4 Å². The largest absolute Gasteiger partial charge is 0.405 e. The minimum atomic E-state index is -4.35. The third-order valence-corrected chi connectivity index (χ3v) is 3.89. The van der Waals surface area contributed by atoms with Crippen LogP contribution in [0.5, 0.6) is 0 Å². The molecule has 21 heavy (non-hydrogen) atoms. The lowest BCUT2D eigenvalue weighted by molar-refractivity contribution is -0.183. The van der Waals surface area contributed by atoms with Crippen LogP contribution in [0.25, 0.3) is 0 Å². The second-order valence-electron chi connectivity index (χ2n) is 4.57. The summed E-state index contributed by atoms with van der Waals surface area (Å²) in [4.78, 5) is 13.1. The van der Waals surface area contributed by atoms with Crippen LogP contribution in [0.2, 0.25) is 0 Å². The van der Waals surface area contributed by atoms with E-state index < -0.39 is 24.7 Å². The van der Waals surface area contributed by atoms with Crippen molar-refractivity contribution in [1.29, 1.82) is 0 Å². The van der Waals surface area contributed by atoms with Crippen molar-refractivity contribution in [2.45, 2.75) is 12.2 Å². The highest BCUT2D eigenvalue weighted by molar-refractivity contribution is 7.08. The van der Waals surface area contributed by atoms with Gasteiger partial charge in [-0.3, -0.25) is 9.69 Å². The molecule has 2 N–H and O–H groups in total. The molecule has 1 aliphatic heterocycles. The van der Waals surface area contributed by atoms with Crippen molar-refractivity contribution in [2.75, 3.05) is 32.7 Å². The number of carbonyl (C=O) groups is 1. The first-order valence-corrected chi connectivity index (χ1v) is 7.24. The Morgan fingerprint density at radius 1 is 1.43 bits per heavy atom. The predicted octanol–water partition coefficient (Wildman–Crippen LogP) is 1.74. The van der Waals surface area contributed by atoms with Crippen LogP contribution in [0.1, 0.15) is 10.4 Å². The summed E-state index contributed by atoms with van der Waals surface area (Å²) in [6.45, 7) is 1.31. The average molecular weight is 344 g/mol. The zero-order valence-electron chi connectivity index (χ0n) is 11.2. The molecule has 4 nitrogen and oxygen atoms in total. The van der Waals surface area contributed by atoms with E-state index in [1.807, 2.05) is 0 Å². The molecule has 1 unspecified atom stereocenters. The molecule has 0 aromatic carbocycles. The van der Waals surface area contributed by atoms with Crippen LogP contribution in [0.4, 0.5) is 13.2 Å². The Morgan fingerprint density at radius 3 is 2.62 bits per heavy atom. The van der Waals surface area contributed by atoms with Gasteiger partial charge in [-0.05, 0) is 11.4 Å². The van der Waals surface area contributed by atoms with E-state index in [0.29, 0.717) is 31.7 Å². The van der Waals surface area contributed by atoms with Crippen LogP contribution in [-0.4, -0.2) is 55.7 Å². The number of piperazine rings is 1. The Balaban J connectivity index is 0.00000220. The second-order valence-corrected chi connectivity index (χ2v) is 5.35. The van der Waals surface area contributed by atoms with Crippen molar-refractivity contribution in [3.8, 4) is 0 Å². The molecule has 0 spiro atoms. The highest BCUT2D eigenvalue weighted by atomic mass is 35.5. The summed E-state index contributed by atoms with van der Waals surface area (Å²) >= 11 is 1.33. The molecule has 0 saturated carbocycles. The normalized spacial score (nSPS) is 17.9. The van der Waals surface area contributed by atoms with Crippen LogP contribution >= 0.6 is 23.7 Å². The first kappa shape index (κ1) is 18.2. The van der Waals surface area contributed by atoms with E-state index >= 15 is 0 Å². The maximum Gasteiger partial charge on any atom is 0.405 e. The lowest BCUT2D eigenvalue weighted by Crippen LogP contribution is -2.57. The third-order valence-electron chi connectivity index (χ3n) is 3.21. The van der Waals surface area contributed by atoms with E-state index in [2.05, 4.69) is 10.6 Å². The molecular weight excluding hydrogens is 327 g/mol. The standard InChI is InChI=1S/C12H16F3N3OS.ClH/c13-12(14,15)10(18-4-2-16-3-5-18)7-17-11(19)9-1-6-20-8-9;/h1,6,8,10,16H,2-5,7H2,(H,17,19);1H. The molecule has 1 aromatic rings. The Kier molecular flexibility index (Phi) is 6.92. The smallest absolute Gasteiger partial charge is 0.350 e. The Bertz CT molecular complexity index is 435. The summed E-state index contributed by atoms with van der Waals surface area (Å²) in [5, 5.41) is 8.72. The zero-order valence-corrected chi connectivity index (χ0v) is 12.8. The van der Waals surface area contributed by atoms with Gasteiger partial charge in [-0.15, -0.1) is 12.4 Å². The fraction of sp³-hybridized carbons (Fsp3) is 0.583. The molecule has 0 bridgehead atoms. The average Bonchev–Trinajstić information content (AvgIpc) is 2.92. The predicted molar refractivity (Wildman–Crippen MR) is 78.2 cm³/mol. The maximum absolute atomic E-state index is 13.1. The molecule has 1 aliphatic rings. The van der Waals surface area contributed by atoms with Crippen LogP contribution in [0.3, 0.4) is 0 Å². The number of nitrogens with zero attached hydrogens (tertiary/aromatic N) is 1. The number of nitrogens with one attached hydrogen (secondary N) is 2. The van der Waals surface area contributed by atoms with Gasteiger partial charge in [0.1, 0.15) is 6.04 Å². The Labute approximate surface area is 131 Å². The van der Waals surface area contributed by atoms with E-state index in [9.17, 15) is 18.0 Å². The van der Waals surface area contributed by atoms with Gasteiger partial charge in [0.2, 0.25) is 0 Å². The summed E-state index contributed by atoms with van der Waals surface area (Å²) in [6, 6.07) is -0.0416. The maximum atomic E-state index is 13.1. The molecule has 1 atom stereocenters. The lowest BCUT2D eigenvalue weighted by atomic mass is 10.2. The van der Waals surface area contributed by atoms with Gasteiger partial charge >= 0.3 is 6.18 Å². The highest BCUT2D eigenvalue weighted by Gasteiger charge is 2.43.